The van der Waals surface area contributed by atoms with Gasteiger partial charge in [-0.2, -0.15) is 0 Å². The number of rotatable bonds is 3. The van der Waals surface area contributed by atoms with Gasteiger partial charge in [0.05, 0.1) is 15.2 Å². The van der Waals surface area contributed by atoms with Gasteiger partial charge in [0.1, 0.15) is 12.1 Å². The number of hydrogen-bond donors (Lipinski definition) is 1. The first-order valence-corrected chi connectivity index (χ1v) is 7.72. The molecule has 0 aromatic heterocycles. The number of benzene rings is 1. The molecule has 0 spiro atoms. The Balaban J connectivity index is 2.43. The van der Waals surface area contributed by atoms with Gasteiger partial charge in [-0.25, -0.2) is 0 Å². The Hall–Kier alpha value is -1.07. The first-order valence-electron chi connectivity index (χ1n) is 6.54. The number of hydrogen-bond acceptors (Lipinski definition) is 2. The number of halogens is 2. The summed E-state index contributed by atoms with van der Waals surface area (Å²) in [6.07, 6.45) is 1.46. The lowest BCUT2D eigenvalue weighted by molar-refractivity contribution is -0.133. The molecule has 0 bridgehead atoms. The summed E-state index contributed by atoms with van der Waals surface area (Å²) in [6, 6.07) is 4.27. The molecular weight excluding hydrogens is 344 g/mol. The molecule has 1 fully saturated rings. The second-order valence-electron chi connectivity index (χ2n) is 4.81. The van der Waals surface area contributed by atoms with E-state index < -0.39 is 12.1 Å². The summed E-state index contributed by atoms with van der Waals surface area (Å²) in [5.41, 5.74) is 0.631. The van der Waals surface area contributed by atoms with Crippen LogP contribution in [-0.2, 0) is 9.59 Å². The molecule has 2 atom stereocenters. The number of carbonyl (C=O) groups excluding carboxylic acids is 2. The molecule has 1 aromatic carbocycles. The summed E-state index contributed by atoms with van der Waals surface area (Å²) in [4.78, 5) is 26.2. The number of nitrogens with zero attached hydrogens (tertiary/aromatic N) is 1. The molecule has 108 valence electrons. The quantitative estimate of drug-likeness (QED) is 0.901. The molecule has 2 unspecified atom stereocenters. The zero-order chi connectivity index (χ0) is 14.9. The minimum absolute atomic E-state index is 0.0954. The number of piperazine rings is 1. The minimum atomic E-state index is -0.551. The normalized spacial score (nSPS) is 22.9. The first kappa shape index (κ1) is 15.3. The average molecular weight is 360 g/mol. The van der Waals surface area contributed by atoms with E-state index in [1.807, 2.05) is 6.92 Å². The summed E-state index contributed by atoms with van der Waals surface area (Å²) in [6.45, 7) is 3.69. The van der Waals surface area contributed by atoms with E-state index in [0.29, 0.717) is 21.6 Å². The van der Waals surface area contributed by atoms with E-state index in [0.717, 1.165) is 6.42 Å². The van der Waals surface area contributed by atoms with Crippen LogP contribution in [0.3, 0.4) is 0 Å². The van der Waals surface area contributed by atoms with E-state index in [9.17, 15) is 9.59 Å². The van der Waals surface area contributed by atoms with Crippen molar-refractivity contribution < 1.29 is 9.59 Å². The molecule has 1 aliphatic rings. The highest BCUT2D eigenvalue weighted by atomic mass is 79.9. The first-order chi connectivity index (χ1) is 9.47. The van der Waals surface area contributed by atoms with Gasteiger partial charge in [-0.05, 0) is 41.4 Å². The maximum Gasteiger partial charge on any atom is 0.250 e. The van der Waals surface area contributed by atoms with Crippen LogP contribution in [0, 0.1) is 0 Å². The molecule has 0 saturated carbocycles. The van der Waals surface area contributed by atoms with Crippen LogP contribution in [0.25, 0.3) is 0 Å². The topological polar surface area (TPSA) is 49.4 Å². The van der Waals surface area contributed by atoms with Gasteiger partial charge in [-0.15, -0.1) is 0 Å². The van der Waals surface area contributed by atoms with E-state index in [2.05, 4.69) is 21.2 Å². The molecule has 1 aromatic rings. The SMILES string of the molecule is CCCC1NC(=O)C(C)N(c2cccc(Cl)c2Br)C1=O. The fraction of sp³-hybridized carbons (Fsp3) is 0.429. The van der Waals surface area contributed by atoms with Crippen LogP contribution in [0.1, 0.15) is 26.7 Å². The lowest BCUT2D eigenvalue weighted by Crippen LogP contribution is -2.62. The third kappa shape index (κ3) is 2.69. The second kappa shape index (κ2) is 6.14. The van der Waals surface area contributed by atoms with Crippen LogP contribution in [0.4, 0.5) is 5.69 Å². The van der Waals surface area contributed by atoms with E-state index >= 15 is 0 Å². The molecular formula is C14H16BrClN2O2. The van der Waals surface area contributed by atoms with Gasteiger partial charge in [-0.3, -0.25) is 14.5 Å². The maximum absolute atomic E-state index is 12.6. The van der Waals surface area contributed by atoms with Crippen LogP contribution in [0.5, 0.6) is 0 Å². The average Bonchev–Trinajstić information content (AvgIpc) is 2.41. The van der Waals surface area contributed by atoms with Crippen molar-refractivity contribution in [2.24, 2.45) is 0 Å². The third-order valence-electron chi connectivity index (χ3n) is 3.39. The molecule has 0 aliphatic carbocycles. The fourth-order valence-electron chi connectivity index (χ4n) is 2.32. The van der Waals surface area contributed by atoms with Gasteiger partial charge < -0.3 is 5.32 Å². The van der Waals surface area contributed by atoms with Crippen LogP contribution >= 0.6 is 27.5 Å². The molecule has 4 nitrogen and oxygen atoms in total. The van der Waals surface area contributed by atoms with Gasteiger partial charge in [0.2, 0.25) is 11.8 Å². The van der Waals surface area contributed by atoms with E-state index in [1.165, 1.54) is 4.90 Å². The van der Waals surface area contributed by atoms with Crippen LogP contribution in [0.15, 0.2) is 22.7 Å². The number of nitrogens with one attached hydrogen (secondary N) is 1. The van der Waals surface area contributed by atoms with Crippen LogP contribution in [0.2, 0.25) is 5.02 Å². The fourth-order valence-corrected chi connectivity index (χ4v) is 2.95. The Bertz CT molecular complexity index is 550. The van der Waals surface area contributed by atoms with Crippen molar-refractivity contribution in [3.05, 3.63) is 27.7 Å². The van der Waals surface area contributed by atoms with Gasteiger partial charge in [0, 0.05) is 0 Å². The second-order valence-corrected chi connectivity index (χ2v) is 6.01. The van der Waals surface area contributed by atoms with Crippen molar-refractivity contribution in [1.29, 1.82) is 0 Å². The monoisotopic (exact) mass is 358 g/mol. The van der Waals surface area contributed by atoms with Crippen molar-refractivity contribution in [2.75, 3.05) is 4.90 Å². The summed E-state index contributed by atoms with van der Waals surface area (Å²) in [5, 5.41) is 3.29. The highest BCUT2D eigenvalue weighted by Gasteiger charge is 2.39. The standard InChI is InChI=1S/C14H16BrClN2O2/c1-3-5-10-14(20)18(8(2)13(19)17-10)11-7-4-6-9(16)12(11)15/h4,6-8,10H,3,5H2,1-2H3,(H,17,19). The van der Waals surface area contributed by atoms with Crippen LogP contribution in [-0.4, -0.2) is 23.9 Å². The number of carbonyl (C=O) groups is 2. The van der Waals surface area contributed by atoms with Crippen molar-refractivity contribution in [2.45, 2.75) is 38.8 Å². The Kier molecular flexibility index (Phi) is 4.70. The van der Waals surface area contributed by atoms with Crippen molar-refractivity contribution in [1.82, 2.24) is 5.32 Å². The summed E-state index contributed by atoms with van der Waals surface area (Å²) in [5.74, 6) is -0.239. The zero-order valence-electron chi connectivity index (χ0n) is 11.3. The van der Waals surface area contributed by atoms with E-state index in [1.54, 1.807) is 25.1 Å². The molecule has 1 aliphatic heterocycles. The summed E-state index contributed by atoms with van der Waals surface area (Å²) >= 11 is 9.47. The zero-order valence-corrected chi connectivity index (χ0v) is 13.7. The highest BCUT2D eigenvalue weighted by Crippen LogP contribution is 2.35. The van der Waals surface area contributed by atoms with Gasteiger partial charge in [0.25, 0.3) is 0 Å². The molecule has 0 radical (unpaired) electrons. The van der Waals surface area contributed by atoms with Gasteiger partial charge >= 0.3 is 0 Å². The Labute approximate surface area is 131 Å². The lowest BCUT2D eigenvalue weighted by Gasteiger charge is -2.37. The predicted octanol–water partition coefficient (Wildman–Crippen LogP) is 3.12. The Morgan fingerprint density at radius 1 is 1.40 bits per heavy atom. The van der Waals surface area contributed by atoms with Gasteiger partial charge in [-0.1, -0.05) is 31.0 Å². The molecule has 6 heteroatoms. The van der Waals surface area contributed by atoms with Crippen molar-refractivity contribution in [3.8, 4) is 0 Å². The number of amides is 2. The predicted molar refractivity (Wildman–Crippen MR) is 82.9 cm³/mol. The molecule has 1 N–H and O–H groups in total. The summed E-state index contributed by atoms with van der Waals surface area (Å²) in [7, 11) is 0. The molecule has 20 heavy (non-hydrogen) atoms. The maximum atomic E-state index is 12.6. The lowest BCUT2D eigenvalue weighted by atomic mass is 10.0. The smallest absolute Gasteiger partial charge is 0.250 e. The highest BCUT2D eigenvalue weighted by molar-refractivity contribution is 9.10. The molecule has 2 rings (SSSR count). The third-order valence-corrected chi connectivity index (χ3v) is 4.76. The van der Waals surface area contributed by atoms with Crippen LogP contribution < -0.4 is 10.2 Å². The van der Waals surface area contributed by atoms with Crippen molar-refractivity contribution in [3.63, 3.8) is 0 Å². The molecule has 2 amide bonds. The number of anilines is 1. The van der Waals surface area contributed by atoms with E-state index in [-0.39, 0.29) is 11.8 Å². The Morgan fingerprint density at radius 3 is 2.75 bits per heavy atom. The Morgan fingerprint density at radius 2 is 2.10 bits per heavy atom. The van der Waals surface area contributed by atoms with Crippen molar-refractivity contribution >= 4 is 45.0 Å². The summed E-state index contributed by atoms with van der Waals surface area (Å²) < 4.78 is 0.631. The molecule has 1 saturated heterocycles. The molecule has 1 heterocycles. The van der Waals surface area contributed by atoms with Gasteiger partial charge in [0.15, 0.2) is 0 Å². The van der Waals surface area contributed by atoms with E-state index in [4.69, 9.17) is 11.6 Å². The largest absolute Gasteiger partial charge is 0.342 e. The minimum Gasteiger partial charge on any atom is -0.342 e.